The van der Waals surface area contributed by atoms with Gasteiger partial charge in [-0.3, -0.25) is 14.8 Å². The molecule has 0 aliphatic carbocycles. The number of para-hydroxylation sites is 1. The molecule has 0 spiro atoms. The summed E-state index contributed by atoms with van der Waals surface area (Å²) in [5, 5.41) is 2.97. The number of aryl methyl sites for hydroxylation is 2. The highest BCUT2D eigenvalue weighted by atomic mass is 16.1. The summed E-state index contributed by atoms with van der Waals surface area (Å²) in [6.07, 6.45) is 3.26. The Kier molecular flexibility index (Phi) is 3.36. The van der Waals surface area contributed by atoms with Gasteiger partial charge in [0.15, 0.2) is 0 Å². The van der Waals surface area contributed by atoms with Crippen molar-refractivity contribution < 1.29 is 4.79 Å². The average molecular weight is 277 g/mol. The van der Waals surface area contributed by atoms with Crippen molar-refractivity contribution in [2.24, 2.45) is 0 Å². The monoisotopic (exact) mass is 277 g/mol. The Labute approximate surface area is 122 Å². The summed E-state index contributed by atoms with van der Waals surface area (Å²) in [5.74, 6) is -0.139. The van der Waals surface area contributed by atoms with E-state index < -0.39 is 0 Å². The molecule has 3 rings (SSSR count). The number of benzene rings is 2. The van der Waals surface area contributed by atoms with Crippen molar-refractivity contribution in [1.82, 2.24) is 9.97 Å². The molecule has 4 nitrogen and oxygen atoms in total. The summed E-state index contributed by atoms with van der Waals surface area (Å²) in [5.41, 5.74) is 5.02. The van der Waals surface area contributed by atoms with Gasteiger partial charge in [0.2, 0.25) is 0 Å². The fraction of sp³-hybridized carbons (Fsp3) is 0.118. The van der Waals surface area contributed by atoms with Crippen molar-refractivity contribution in [3.8, 4) is 0 Å². The van der Waals surface area contributed by atoms with E-state index in [0.717, 1.165) is 22.3 Å². The Hall–Kier alpha value is -2.75. The highest BCUT2D eigenvalue weighted by Gasteiger charge is 2.10. The van der Waals surface area contributed by atoms with Gasteiger partial charge in [-0.25, -0.2) is 0 Å². The van der Waals surface area contributed by atoms with Crippen LogP contribution in [0.25, 0.3) is 11.0 Å². The number of nitrogens with zero attached hydrogens (tertiary/aromatic N) is 2. The molecule has 0 saturated carbocycles. The molecule has 104 valence electrons. The van der Waals surface area contributed by atoms with Crippen LogP contribution in [0.15, 0.2) is 48.8 Å². The second-order valence-electron chi connectivity index (χ2n) is 4.98. The molecule has 21 heavy (non-hydrogen) atoms. The molecule has 4 heteroatoms. The predicted molar refractivity (Wildman–Crippen MR) is 83.4 cm³/mol. The van der Waals surface area contributed by atoms with Gasteiger partial charge >= 0.3 is 0 Å². The molecule has 0 bridgehead atoms. The fourth-order valence-electron chi connectivity index (χ4n) is 2.30. The maximum Gasteiger partial charge on any atom is 0.255 e. The van der Waals surface area contributed by atoms with Gasteiger partial charge < -0.3 is 5.32 Å². The van der Waals surface area contributed by atoms with E-state index in [1.807, 2.05) is 38.1 Å². The van der Waals surface area contributed by atoms with Crippen LogP contribution in [0.4, 0.5) is 5.69 Å². The van der Waals surface area contributed by atoms with Gasteiger partial charge in [-0.2, -0.15) is 0 Å². The maximum absolute atomic E-state index is 12.4. The Morgan fingerprint density at radius 1 is 0.952 bits per heavy atom. The molecular weight excluding hydrogens is 262 g/mol. The quantitative estimate of drug-likeness (QED) is 0.780. The van der Waals surface area contributed by atoms with Crippen molar-refractivity contribution in [3.05, 3.63) is 65.5 Å². The van der Waals surface area contributed by atoms with E-state index in [2.05, 4.69) is 15.3 Å². The summed E-state index contributed by atoms with van der Waals surface area (Å²) in [7, 11) is 0. The SMILES string of the molecule is Cc1cccc(C)c1NC(=O)c1ccc2nccnc2c1. The van der Waals surface area contributed by atoms with Crippen LogP contribution in [0.3, 0.4) is 0 Å². The van der Waals surface area contributed by atoms with Crippen LogP contribution in [-0.4, -0.2) is 15.9 Å². The molecule has 0 fully saturated rings. The topological polar surface area (TPSA) is 54.9 Å². The Balaban J connectivity index is 1.94. The predicted octanol–water partition coefficient (Wildman–Crippen LogP) is 3.50. The number of hydrogen-bond donors (Lipinski definition) is 1. The number of amides is 1. The zero-order chi connectivity index (χ0) is 14.8. The van der Waals surface area contributed by atoms with Gasteiger partial charge in [0.05, 0.1) is 11.0 Å². The van der Waals surface area contributed by atoms with Crippen molar-refractivity contribution in [2.45, 2.75) is 13.8 Å². The van der Waals surface area contributed by atoms with Gasteiger partial charge in [-0.15, -0.1) is 0 Å². The molecule has 2 aromatic carbocycles. The summed E-state index contributed by atoms with van der Waals surface area (Å²) < 4.78 is 0. The average Bonchev–Trinajstić information content (AvgIpc) is 2.50. The van der Waals surface area contributed by atoms with E-state index in [1.165, 1.54) is 0 Å². The molecule has 1 aromatic heterocycles. The first-order chi connectivity index (χ1) is 10.1. The van der Waals surface area contributed by atoms with Crippen LogP contribution >= 0.6 is 0 Å². The second-order valence-corrected chi connectivity index (χ2v) is 4.98. The lowest BCUT2D eigenvalue weighted by molar-refractivity contribution is 0.102. The van der Waals surface area contributed by atoms with E-state index in [-0.39, 0.29) is 5.91 Å². The number of carbonyl (C=O) groups excluding carboxylic acids is 1. The first-order valence-corrected chi connectivity index (χ1v) is 6.73. The molecule has 0 unspecified atom stereocenters. The van der Waals surface area contributed by atoms with Crippen molar-refractivity contribution in [3.63, 3.8) is 0 Å². The van der Waals surface area contributed by atoms with Crippen molar-refractivity contribution in [1.29, 1.82) is 0 Å². The highest BCUT2D eigenvalue weighted by Crippen LogP contribution is 2.21. The number of fused-ring (bicyclic) bond motifs is 1. The van der Waals surface area contributed by atoms with E-state index in [1.54, 1.807) is 24.5 Å². The van der Waals surface area contributed by atoms with Gasteiger partial charge in [0.25, 0.3) is 5.91 Å². The lowest BCUT2D eigenvalue weighted by Crippen LogP contribution is -2.13. The van der Waals surface area contributed by atoms with Crippen molar-refractivity contribution in [2.75, 3.05) is 5.32 Å². The third-order valence-corrected chi connectivity index (χ3v) is 3.45. The summed E-state index contributed by atoms with van der Waals surface area (Å²) >= 11 is 0. The molecule has 1 N–H and O–H groups in total. The standard InChI is InChI=1S/C17H15N3O/c1-11-4-3-5-12(2)16(11)20-17(21)13-6-7-14-15(10-13)19-9-8-18-14/h3-10H,1-2H3,(H,20,21). The molecular formula is C17H15N3O. The van der Waals surface area contributed by atoms with Gasteiger partial charge in [0, 0.05) is 23.6 Å². The summed E-state index contributed by atoms with van der Waals surface area (Å²) in [6.45, 7) is 3.96. The van der Waals surface area contributed by atoms with E-state index >= 15 is 0 Å². The largest absolute Gasteiger partial charge is 0.322 e. The molecule has 1 heterocycles. The van der Waals surface area contributed by atoms with E-state index in [4.69, 9.17) is 0 Å². The minimum atomic E-state index is -0.139. The molecule has 0 aliphatic heterocycles. The lowest BCUT2D eigenvalue weighted by atomic mass is 10.1. The first-order valence-electron chi connectivity index (χ1n) is 6.73. The van der Waals surface area contributed by atoms with Gasteiger partial charge in [-0.1, -0.05) is 18.2 Å². The smallest absolute Gasteiger partial charge is 0.255 e. The third kappa shape index (κ3) is 2.60. The normalized spacial score (nSPS) is 10.6. The van der Waals surface area contributed by atoms with Gasteiger partial charge in [-0.05, 0) is 43.2 Å². The minimum Gasteiger partial charge on any atom is -0.322 e. The summed E-state index contributed by atoms with van der Waals surface area (Å²) in [4.78, 5) is 20.8. The number of nitrogens with one attached hydrogen (secondary N) is 1. The lowest BCUT2D eigenvalue weighted by Gasteiger charge is -2.11. The van der Waals surface area contributed by atoms with Crippen LogP contribution in [-0.2, 0) is 0 Å². The number of aromatic nitrogens is 2. The fourth-order valence-corrected chi connectivity index (χ4v) is 2.30. The van der Waals surface area contributed by atoms with Crippen LogP contribution < -0.4 is 5.32 Å². The second kappa shape index (κ2) is 5.32. The summed E-state index contributed by atoms with van der Waals surface area (Å²) in [6, 6.07) is 11.3. The van der Waals surface area contributed by atoms with Gasteiger partial charge in [0.1, 0.15) is 0 Å². The van der Waals surface area contributed by atoms with Crippen LogP contribution in [0.2, 0.25) is 0 Å². The Morgan fingerprint density at radius 3 is 2.33 bits per heavy atom. The number of carbonyl (C=O) groups is 1. The number of anilines is 1. The molecule has 0 atom stereocenters. The van der Waals surface area contributed by atoms with E-state index in [0.29, 0.717) is 11.1 Å². The molecule has 0 saturated heterocycles. The van der Waals surface area contributed by atoms with E-state index in [9.17, 15) is 4.79 Å². The minimum absolute atomic E-state index is 0.139. The maximum atomic E-state index is 12.4. The highest BCUT2D eigenvalue weighted by molar-refractivity contribution is 6.06. The molecule has 3 aromatic rings. The number of hydrogen-bond acceptors (Lipinski definition) is 3. The van der Waals surface area contributed by atoms with Crippen LogP contribution in [0.1, 0.15) is 21.5 Å². The van der Waals surface area contributed by atoms with Crippen molar-refractivity contribution >= 4 is 22.6 Å². The molecule has 0 aliphatic rings. The first kappa shape index (κ1) is 13.2. The molecule has 0 radical (unpaired) electrons. The number of rotatable bonds is 2. The Bertz CT molecular complexity index is 807. The third-order valence-electron chi connectivity index (χ3n) is 3.45. The van der Waals surface area contributed by atoms with Crippen LogP contribution in [0.5, 0.6) is 0 Å². The zero-order valence-electron chi connectivity index (χ0n) is 11.9. The molecule has 1 amide bonds. The zero-order valence-corrected chi connectivity index (χ0v) is 11.9. The Morgan fingerprint density at radius 2 is 1.62 bits per heavy atom. The van der Waals surface area contributed by atoms with Crippen LogP contribution in [0, 0.1) is 13.8 Å².